The monoisotopic (exact) mass is 457 g/mol. The maximum atomic E-state index is 14.3. The number of amides is 1. The lowest BCUT2D eigenvalue weighted by Crippen LogP contribution is -2.47. The van der Waals surface area contributed by atoms with E-state index in [0.29, 0.717) is 27.9 Å². The highest BCUT2D eigenvalue weighted by molar-refractivity contribution is 7.22. The fourth-order valence-electron chi connectivity index (χ4n) is 3.91. The van der Waals surface area contributed by atoms with Gasteiger partial charge in [0.25, 0.3) is 5.91 Å². The lowest BCUT2D eigenvalue weighted by Gasteiger charge is -2.31. The molecule has 1 fully saturated rings. The first kappa shape index (κ1) is 21.1. The van der Waals surface area contributed by atoms with Crippen LogP contribution in [0.15, 0.2) is 42.5 Å². The minimum absolute atomic E-state index is 0.120. The highest BCUT2D eigenvalue weighted by Gasteiger charge is 2.33. The molecule has 0 bridgehead atoms. The van der Waals surface area contributed by atoms with Crippen LogP contribution in [0.4, 0.5) is 9.52 Å². The van der Waals surface area contributed by atoms with E-state index in [-0.39, 0.29) is 18.0 Å². The van der Waals surface area contributed by atoms with Crippen LogP contribution in [-0.2, 0) is 9.53 Å². The zero-order valence-corrected chi connectivity index (χ0v) is 18.4. The van der Waals surface area contributed by atoms with Crippen molar-refractivity contribution < 1.29 is 23.4 Å². The molecule has 2 aliphatic heterocycles. The van der Waals surface area contributed by atoms with Gasteiger partial charge in [-0.3, -0.25) is 14.6 Å². The van der Waals surface area contributed by atoms with E-state index in [2.05, 4.69) is 9.88 Å². The van der Waals surface area contributed by atoms with Gasteiger partial charge in [-0.15, -0.1) is 0 Å². The molecule has 5 rings (SSSR count). The van der Waals surface area contributed by atoms with Crippen LogP contribution in [0.2, 0.25) is 0 Å². The summed E-state index contributed by atoms with van der Waals surface area (Å²) in [5.41, 5.74) is 0.282. The lowest BCUT2D eigenvalue weighted by molar-refractivity contribution is -0.127. The molecule has 2 aromatic carbocycles. The Labute approximate surface area is 189 Å². The Morgan fingerprint density at radius 3 is 2.78 bits per heavy atom. The van der Waals surface area contributed by atoms with E-state index in [0.717, 1.165) is 39.3 Å². The predicted octanol–water partition coefficient (Wildman–Crippen LogP) is 3.33. The first-order valence-corrected chi connectivity index (χ1v) is 11.6. The number of morpholine rings is 1. The van der Waals surface area contributed by atoms with E-state index < -0.39 is 11.9 Å². The molecule has 7 nitrogen and oxygen atoms in total. The minimum atomic E-state index is -0.787. The number of rotatable bonds is 6. The number of ether oxygens (including phenoxy) is 3. The highest BCUT2D eigenvalue weighted by Crippen LogP contribution is 2.34. The van der Waals surface area contributed by atoms with Crippen molar-refractivity contribution in [2.75, 3.05) is 50.9 Å². The van der Waals surface area contributed by atoms with E-state index in [1.54, 1.807) is 17.0 Å². The Hall–Kier alpha value is -2.75. The summed E-state index contributed by atoms with van der Waals surface area (Å²) in [6.45, 7) is 4.65. The van der Waals surface area contributed by atoms with Crippen molar-refractivity contribution >= 4 is 32.6 Å². The first-order valence-electron chi connectivity index (χ1n) is 10.7. The number of carbonyl (C=O) groups is 1. The quantitative estimate of drug-likeness (QED) is 0.566. The molecule has 0 radical (unpaired) electrons. The van der Waals surface area contributed by atoms with E-state index >= 15 is 0 Å². The zero-order valence-electron chi connectivity index (χ0n) is 17.5. The molecule has 1 aromatic heterocycles. The maximum Gasteiger partial charge on any atom is 0.273 e. The Morgan fingerprint density at radius 1 is 1.16 bits per heavy atom. The number of nitrogens with zero attached hydrogens (tertiary/aromatic N) is 3. The fourth-order valence-corrected chi connectivity index (χ4v) is 4.92. The number of anilines is 1. The summed E-state index contributed by atoms with van der Waals surface area (Å²) in [7, 11) is 0. The molecule has 1 saturated heterocycles. The molecule has 3 aromatic rings. The third kappa shape index (κ3) is 4.41. The van der Waals surface area contributed by atoms with Crippen LogP contribution in [0.1, 0.15) is 6.42 Å². The van der Waals surface area contributed by atoms with E-state index in [4.69, 9.17) is 14.2 Å². The molecule has 1 amide bonds. The molecule has 168 valence electrons. The number of thiazole rings is 1. The molecular weight excluding hydrogens is 433 g/mol. The van der Waals surface area contributed by atoms with Crippen molar-refractivity contribution in [3.8, 4) is 11.5 Å². The topological polar surface area (TPSA) is 64.1 Å². The van der Waals surface area contributed by atoms with Gasteiger partial charge in [-0.25, -0.2) is 9.37 Å². The average Bonchev–Trinajstić information content (AvgIpc) is 3.27. The Balaban J connectivity index is 1.37. The molecule has 0 aliphatic carbocycles. The number of carbonyl (C=O) groups excluding carboxylic acids is 1. The van der Waals surface area contributed by atoms with Gasteiger partial charge in [-0.2, -0.15) is 0 Å². The van der Waals surface area contributed by atoms with Crippen LogP contribution in [0, 0.1) is 5.82 Å². The Morgan fingerprint density at radius 2 is 1.97 bits per heavy atom. The maximum absolute atomic E-state index is 14.3. The van der Waals surface area contributed by atoms with Gasteiger partial charge in [0.2, 0.25) is 6.10 Å². The van der Waals surface area contributed by atoms with Gasteiger partial charge in [0, 0.05) is 26.2 Å². The third-order valence-electron chi connectivity index (χ3n) is 5.60. The Bertz CT molecular complexity index is 1100. The second-order valence-electron chi connectivity index (χ2n) is 7.74. The van der Waals surface area contributed by atoms with Crippen LogP contribution in [-0.4, -0.2) is 67.9 Å². The molecule has 0 spiro atoms. The molecular formula is C23H24FN3O4S. The summed E-state index contributed by atoms with van der Waals surface area (Å²) in [6, 6.07) is 12.1. The smallest absolute Gasteiger partial charge is 0.273 e. The molecule has 9 heteroatoms. The van der Waals surface area contributed by atoms with Gasteiger partial charge in [-0.05, 0) is 30.7 Å². The largest absolute Gasteiger partial charge is 0.485 e. The number of hydrogen-bond acceptors (Lipinski definition) is 7. The summed E-state index contributed by atoms with van der Waals surface area (Å²) in [5.74, 6) is 0.538. The van der Waals surface area contributed by atoms with E-state index in [9.17, 15) is 9.18 Å². The van der Waals surface area contributed by atoms with Crippen molar-refractivity contribution in [2.45, 2.75) is 12.5 Å². The van der Waals surface area contributed by atoms with Crippen LogP contribution >= 0.6 is 11.3 Å². The molecule has 3 heterocycles. The summed E-state index contributed by atoms with van der Waals surface area (Å²) in [6.07, 6.45) is -0.0287. The van der Waals surface area contributed by atoms with Crippen molar-refractivity contribution in [3.63, 3.8) is 0 Å². The van der Waals surface area contributed by atoms with Gasteiger partial charge in [0.15, 0.2) is 16.6 Å². The first-order chi connectivity index (χ1) is 15.7. The number of aromatic nitrogens is 1. The van der Waals surface area contributed by atoms with Crippen molar-refractivity contribution in [3.05, 3.63) is 48.3 Å². The SMILES string of the molecule is O=C([C@H]1COc2ccccc2O1)N(CCCN1CCOCC1)c1nc2c(F)cccc2s1. The van der Waals surface area contributed by atoms with Gasteiger partial charge in [0.1, 0.15) is 17.9 Å². The van der Waals surface area contributed by atoms with E-state index in [1.807, 2.05) is 24.3 Å². The summed E-state index contributed by atoms with van der Waals surface area (Å²) in [5, 5.41) is 0.472. The predicted molar refractivity (Wildman–Crippen MR) is 120 cm³/mol. The summed E-state index contributed by atoms with van der Waals surface area (Å²) < 4.78 is 32.1. The molecule has 1 atom stereocenters. The lowest BCUT2D eigenvalue weighted by atomic mass is 10.2. The normalized spacial score (nSPS) is 18.6. The van der Waals surface area contributed by atoms with Gasteiger partial charge >= 0.3 is 0 Å². The molecule has 32 heavy (non-hydrogen) atoms. The number of para-hydroxylation sites is 3. The van der Waals surface area contributed by atoms with E-state index in [1.165, 1.54) is 17.4 Å². The fraction of sp³-hybridized carbons (Fsp3) is 0.391. The summed E-state index contributed by atoms with van der Waals surface area (Å²) >= 11 is 1.31. The van der Waals surface area contributed by atoms with Crippen LogP contribution in [0.5, 0.6) is 11.5 Å². The van der Waals surface area contributed by atoms with Gasteiger partial charge in [0.05, 0.1) is 17.9 Å². The summed E-state index contributed by atoms with van der Waals surface area (Å²) in [4.78, 5) is 21.9. The number of hydrogen-bond donors (Lipinski definition) is 0. The molecule has 0 unspecified atom stereocenters. The zero-order chi connectivity index (χ0) is 21.9. The standard InChI is InChI=1S/C23H24FN3O4S/c24-16-5-3-8-20-21(16)25-23(32-20)27(10-4-9-26-11-13-29-14-12-26)22(28)19-15-30-17-6-1-2-7-18(17)31-19/h1-3,5-8,19H,4,9-15H2/t19-/m1/s1. The van der Waals surface area contributed by atoms with Crippen molar-refractivity contribution in [1.29, 1.82) is 0 Å². The second kappa shape index (κ2) is 9.40. The number of fused-ring (bicyclic) bond motifs is 2. The number of halogens is 1. The van der Waals surface area contributed by atoms with Crippen LogP contribution in [0.3, 0.4) is 0 Å². The van der Waals surface area contributed by atoms with Crippen LogP contribution in [0.25, 0.3) is 10.2 Å². The van der Waals surface area contributed by atoms with Crippen molar-refractivity contribution in [2.24, 2.45) is 0 Å². The average molecular weight is 458 g/mol. The molecule has 2 aliphatic rings. The molecule has 0 saturated carbocycles. The van der Waals surface area contributed by atoms with Crippen molar-refractivity contribution in [1.82, 2.24) is 9.88 Å². The highest BCUT2D eigenvalue weighted by atomic mass is 32.1. The second-order valence-corrected chi connectivity index (χ2v) is 8.75. The van der Waals surface area contributed by atoms with Gasteiger partial charge in [-0.1, -0.05) is 29.5 Å². The third-order valence-corrected chi connectivity index (χ3v) is 6.64. The number of benzene rings is 2. The van der Waals surface area contributed by atoms with Crippen LogP contribution < -0.4 is 14.4 Å². The minimum Gasteiger partial charge on any atom is -0.485 e. The molecule has 0 N–H and O–H groups in total. The van der Waals surface area contributed by atoms with Gasteiger partial charge < -0.3 is 14.2 Å². The Kier molecular flexibility index (Phi) is 6.20.